The number of Topliss-reactive ketones (excluding diaryl/α,β-unsaturated/α-hetero) is 1. The molecule has 3 rings (SSSR count). The summed E-state index contributed by atoms with van der Waals surface area (Å²) in [5, 5.41) is 18.6. The topological polar surface area (TPSA) is 158 Å². The number of nitrogens with zero attached hydrogens (tertiary/aromatic N) is 1. The summed E-state index contributed by atoms with van der Waals surface area (Å²) in [6.45, 7) is 2.74. The zero-order valence-electron chi connectivity index (χ0n) is 22.6. The molecule has 3 N–H and O–H groups in total. The monoisotopic (exact) mass is 568 g/mol. The molecule has 0 spiro atoms. The molecule has 11 heteroatoms. The predicted octanol–water partition coefficient (Wildman–Crippen LogP) is 3.10. The number of rotatable bonds is 12. The maximum Gasteiger partial charge on any atom is 0.259 e. The second-order valence-corrected chi connectivity index (χ2v) is 12.0. The third kappa shape index (κ3) is 9.11. The molecule has 0 radical (unpaired) electrons. The van der Waals surface area contributed by atoms with Crippen LogP contribution in [0.1, 0.15) is 50.2 Å². The zero-order valence-corrected chi connectivity index (χ0v) is 23.4. The molecule has 40 heavy (non-hydrogen) atoms. The number of ether oxygens (including phenoxy) is 1. The van der Waals surface area contributed by atoms with Gasteiger partial charge in [0.05, 0.1) is 23.5 Å². The Morgan fingerprint density at radius 3 is 2.15 bits per heavy atom. The number of sulfone groups is 1. The molecule has 214 valence electrons. The first-order valence-corrected chi connectivity index (χ1v) is 15.2. The van der Waals surface area contributed by atoms with Crippen molar-refractivity contribution in [3.05, 3.63) is 71.8 Å². The fourth-order valence-electron chi connectivity index (χ4n) is 4.51. The second kappa shape index (κ2) is 14.5. The lowest BCUT2D eigenvalue weighted by atomic mass is 10.0. The average Bonchev–Trinajstić information content (AvgIpc) is 2.96. The number of nitrogens with one attached hydrogen (secondary N) is 3. The smallest absolute Gasteiger partial charge is 0.259 e. The van der Waals surface area contributed by atoms with Gasteiger partial charge in [0.2, 0.25) is 23.5 Å². The number of hydrogen-bond acceptors (Lipinski definition) is 8. The highest BCUT2D eigenvalue weighted by Crippen LogP contribution is 2.18. The summed E-state index contributed by atoms with van der Waals surface area (Å²) in [5.74, 6) is -5.20. The number of benzene rings is 2. The van der Waals surface area contributed by atoms with Crippen molar-refractivity contribution in [1.82, 2.24) is 10.2 Å². The molecule has 1 fully saturated rings. The van der Waals surface area contributed by atoms with Crippen LogP contribution in [-0.4, -0.2) is 67.6 Å². The molecule has 1 aliphatic rings. The van der Waals surface area contributed by atoms with E-state index in [2.05, 4.69) is 5.32 Å². The molecule has 2 atom stereocenters. The molecule has 0 bridgehead atoms. The van der Waals surface area contributed by atoms with Crippen molar-refractivity contribution in [3.63, 3.8) is 0 Å². The van der Waals surface area contributed by atoms with Crippen molar-refractivity contribution in [2.45, 2.75) is 50.8 Å². The van der Waals surface area contributed by atoms with Crippen LogP contribution < -0.4 is 5.32 Å². The summed E-state index contributed by atoms with van der Waals surface area (Å²) >= 11 is 0. The molecule has 2 amide bonds. The first kappa shape index (κ1) is 30.7. The van der Waals surface area contributed by atoms with E-state index in [1.54, 1.807) is 72.5 Å². The summed E-state index contributed by atoms with van der Waals surface area (Å²) in [6, 6.07) is 15.7. The van der Waals surface area contributed by atoms with Gasteiger partial charge in [0.1, 0.15) is 0 Å². The molecule has 0 aromatic heterocycles. The van der Waals surface area contributed by atoms with E-state index < -0.39 is 51.0 Å². The third-order valence-corrected chi connectivity index (χ3v) is 8.37. The van der Waals surface area contributed by atoms with Crippen LogP contribution in [0.2, 0.25) is 0 Å². The predicted molar refractivity (Wildman–Crippen MR) is 152 cm³/mol. The maximum atomic E-state index is 13.4. The number of ketones is 1. The number of carbonyl (C=O) groups excluding carboxylic acids is 3. The first-order valence-electron chi connectivity index (χ1n) is 13.4. The molecule has 1 unspecified atom stereocenters. The third-order valence-electron chi connectivity index (χ3n) is 6.69. The Morgan fingerprint density at radius 1 is 0.950 bits per heavy atom. The number of piperidine rings is 1. The van der Waals surface area contributed by atoms with Crippen molar-refractivity contribution >= 4 is 39.2 Å². The van der Waals surface area contributed by atoms with Crippen LogP contribution in [0, 0.1) is 16.7 Å². The lowest BCUT2D eigenvalue weighted by Crippen LogP contribution is -2.48. The summed E-state index contributed by atoms with van der Waals surface area (Å²) < 4.78 is 31.3. The van der Waals surface area contributed by atoms with Crippen LogP contribution >= 0.6 is 0 Å². The van der Waals surface area contributed by atoms with Crippen LogP contribution in [-0.2, 0) is 34.7 Å². The van der Waals surface area contributed by atoms with Crippen LogP contribution in [0.25, 0.3) is 0 Å². The summed E-state index contributed by atoms with van der Waals surface area (Å²) in [6.07, 6.45) is 2.49. The van der Waals surface area contributed by atoms with Gasteiger partial charge >= 0.3 is 0 Å². The van der Waals surface area contributed by atoms with Crippen LogP contribution in [0.15, 0.2) is 60.7 Å². The fraction of sp³-hybridized carbons (Fsp3) is 0.414. The Hall–Kier alpha value is -3.86. The normalized spacial score (nSPS) is 15.0. The molecule has 0 saturated carbocycles. The molecular formula is C29H36N4O6S. The Balaban J connectivity index is 1.72. The van der Waals surface area contributed by atoms with Gasteiger partial charge in [-0.1, -0.05) is 55.5 Å². The molecule has 0 aliphatic carbocycles. The molecular weight excluding hydrogens is 532 g/mol. The van der Waals surface area contributed by atoms with E-state index in [4.69, 9.17) is 15.6 Å². The van der Waals surface area contributed by atoms with Crippen LogP contribution in [0.3, 0.4) is 0 Å². The van der Waals surface area contributed by atoms with E-state index in [9.17, 15) is 22.8 Å². The average molecular weight is 569 g/mol. The van der Waals surface area contributed by atoms with E-state index in [0.717, 1.165) is 19.3 Å². The largest absolute Gasteiger partial charge is 0.417 e. The maximum absolute atomic E-state index is 13.4. The quantitative estimate of drug-likeness (QED) is 0.264. The lowest BCUT2D eigenvalue weighted by molar-refractivity contribution is -0.137. The van der Waals surface area contributed by atoms with E-state index in [0.29, 0.717) is 24.2 Å². The van der Waals surface area contributed by atoms with Crippen molar-refractivity contribution in [1.29, 1.82) is 10.8 Å². The molecule has 1 saturated heterocycles. The molecule has 2 aromatic rings. The summed E-state index contributed by atoms with van der Waals surface area (Å²) in [4.78, 5) is 41.0. The lowest BCUT2D eigenvalue weighted by Gasteiger charge is -2.28. The van der Waals surface area contributed by atoms with Gasteiger partial charge in [-0.15, -0.1) is 0 Å². The number of amides is 2. The van der Waals surface area contributed by atoms with E-state index in [1.807, 2.05) is 0 Å². The van der Waals surface area contributed by atoms with Gasteiger partial charge in [-0.25, -0.2) is 8.42 Å². The van der Waals surface area contributed by atoms with Crippen molar-refractivity contribution in [2.24, 2.45) is 5.92 Å². The van der Waals surface area contributed by atoms with Gasteiger partial charge in [0, 0.05) is 25.1 Å². The molecule has 1 heterocycles. The van der Waals surface area contributed by atoms with Crippen molar-refractivity contribution in [2.75, 3.05) is 18.8 Å². The van der Waals surface area contributed by atoms with E-state index >= 15 is 0 Å². The SMILES string of the molecule is CC[C@H](NC(=O)C(CC(=O)N1CCCCC1)CS(=O)(=O)Cc1ccccc1)C(=O)C(=N)OC(=N)c1ccccc1. The van der Waals surface area contributed by atoms with Crippen LogP contribution in [0.5, 0.6) is 0 Å². The Bertz CT molecular complexity index is 1310. The molecule has 1 aliphatic heterocycles. The minimum absolute atomic E-state index is 0.0958. The minimum atomic E-state index is -3.79. The van der Waals surface area contributed by atoms with Crippen molar-refractivity contribution in [3.8, 4) is 0 Å². The van der Waals surface area contributed by atoms with E-state index in [-0.39, 0.29) is 24.5 Å². The van der Waals surface area contributed by atoms with E-state index in [1.165, 1.54) is 0 Å². The zero-order chi connectivity index (χ0) is 29.1. The first-order chi connectivity index (χ1) is 19.1. The minimum Gasteiger partial charge on any atom is -0.417 e. The second-order valence-electron chi connectivity index (χ2n) is 9.84. The van der Waals surface area contributed by atoms with Crippen LogP contribution in [0.4, 0.5) is 0 Å². The summed E-state index contributed by atoms with van der Waals surface area (Å²) in [5.41, 5.74) is 0.939. The molecule has 10 nitrogen and oxygen atoms in total. The number of hydrogen-bond donors (Lipinski definition) is 3. The van der Waals surface area contributed by atoms with Gasteiger partial charge in [-0.3, -0.25) is 25.2 Å². The molecule has 2 aromatic carbocycles. The van der Waals surface area contributed by atoms with Gasteiger partial charge in [0.15, 0.2) is 9.84 Å². The fourth-order valence-corrected chi connectivity index (χ4v) is 6.21. The Labute approximate surface area is 235 Å². The number of carbonyl (C=O) groups is 3. The van der Waals surface area contributed by atoms with Gasteiger partial charge in [-0.2, -0.15) is 0 Å². The summed E-state index contributed by atoms with van der Waals surface area (Å²) in [7, 11) is -3.79. The highest BCUT2D eigenvalue weighted by Gasteiger charge is 2.33. The standard InChI is InChI=1S/C29H36N4O6S/c1-2-24(26(35)28(31)39-27(30)22-14-8-4-9-15-22)32-29(36)23(18-25(34)33-16-10-5-11-17-33)20-40(37,38)19-21-12-6-3-7-13-21/h3-4,6-9,12-15,23-24,30-31H,2,5,10-11,16-20H2,1H3,(H,32,36)/t23?,24-/m0/s1. The van der Waals surface area contributed by atoms with Gasteiger partial charge in [-0.05, 0) is 43.4 Å². The Morgan fingerprint density at radius 2 is 1.55 bits per heavy atom. The highest BCUT2D eigenvalue weighted by atomic mass is 32.2. The number of likely N-dealkylation sites (tertiary alicyclic amines) is 1. The van der Waals surface area contributed by atoms with Crippen molar-refractivity contribution < 1.29 is 27.5 Å². The van der Waals surface area contributed by atoms with Gasteiger partial charge < -0.3 is 15.0 Å². The van der Waals surface area contributed by atoms with Gasteiger partial charge in [0.25, 0.3) is 5.90 Å². The Kier molecular flexibility index (Phi) is 11.1. The highest BCUT2D eigenvalue weighted by molar-refractivity contribution is 7.90.